The molecule has 0 aromatic heterocycles. The topological polar surface area (TPSA) is 3.24 Å². The first kappa shape index (κ1) is 9.12. The summed E-state index contributed by atoms with van der Waals surface area (Å²) in [5.41, 5.74) is 0. The zero-order valence-electron chi connectivity index (χ0n) is 4.11. The molecule has 0 aliphatic rings. The van der Waals surface area contributed by atoms with Crippen molar-refractivity contribution in [1.29, 1.82) is 0 Å². The molecule has 0 saturated carbocycles. The molecular weight excluding hydrogens is 192 g/mol. The number of alkyl halides is 4. The number of rotatable bonds is 2. The van der Waals surface area contributed by atoms with E-state index in [4.69, 9.17) is 46.4 Å². The van der Waals surface area contributed by atoms with Crippen molar-refractivity contribution in [2.75, 3.05) is 7.05 Å². The van der Waals surface area contributed by atoms with Crippen molar-refractivity contribution in [3.8, 4) is 0 Å². The fourth-order valence-electron chi connectivity index (χ4n) is 0.0852. The normalized spacial score (nSPS) is 12.0. The van der Waals surface area contributed by atoms with E-state index in [0.717, 1.165) is 0 Å². The van der Waals surface area contributed by atoms with Crippen LogP contribution in [0.5, 0.6) is 0 Å². The Labute approximate surface area is 68.4 Å². The lowest BCUT2D eigenvalue weighted by atomic mass is 11.0. The van der Waals surface area contributed by atoms with Gasteiger partial charge in [-0.2, -0.15) is 0 Å². The van der Waals surface area contributed by atoms with Crippen molar-refractivity contribution in [3.63, 3.8) is 0 Å². The van der Waals surface area contributed by atoms with Gasteiger partial charge in [-0.15, -0.1) is 0 Å². The molecular formula is C3H5Cl4N. The van der Waals surface area contributed by atoms with E-state index in [1.807, 2.05) is 0 Å². The molecule has 0 saturated heterocycles. The Morgan fingerprint density at radius 3 is 1.25 bits per heavy atom. The third-order valence-corrected chi connectivity index (χ3v) is 1.85. The Kier molecular flexibility index (Phi) is 4.58. The van der Waals surface area contributed by atoms with Crippen molar-refractivity contribution in [2.45, 2.75) is 9.92 Å². The number of hydrogen-bond donors (Lipinski definition) is 0. The molecule has 0 aromatic carbocycles. The van der Waals surface area contributed by atoms with Gasteiger partial charge in [-0.3, -0.25) is 0 Å². The summed E-state index contributed by atoms with van der Waals surface area (Å²) in [5, 5.41) is 0. The molecule has 1 nitrogen and oxygen atoms in total. The third-order valence-electron chi connectivity index (χ3n) is 0.616. The van der Waals surface area contributed by atoms with Gasteiger partial charge in [0.2, 0.25) is 0 Å². The fourth-order valence-corrected chi connectivity index (χ4v) is 0.767. The molecule has 50 valence electrons. The summed E-state index contributed by atoms with van der Waals surface area (Å²) >= 11 is 21.4. The summed E-state index contributed by atoms with van der Waals surface area (Å²) in [5.74, 6) is 0. The van der Waals surface area contributed by atoms with Crippen molar-refractivity contribution in [3.05, 3.63) is 0 Å². The van der Waals surface area contributed by atoms with E-state index < -0.39 is 9.92 Å². The maximum atomic E-state index is 5.35. The summed E-state index contributed by atoms with van der Waals surface area (Å²) in [6, 6.07) is 0. The smallest absolute Gasteiger partial charge is 0.162 e. The van der Waals surface area contributed by atoms with Crippen molar-refractivity contribution in [2.24, 2.45) is 0 Å². The highest BCUT2D eigenvalue weighted by atomic mass is 35.5. The van der Waals surface area contributed by atoms with Crippen LogP contribution in [-0.4, -0.2) is 21.9 Å². The lowest BCUT2D eigenvalue weighted by Crippen LogP contribution is -2.26. The Balaban J connectivity index is 3.46. The minimum Gasteiger partial charge on any atom is -0.249 e. The molecule has 8 heavy (non-hydrogen) atoms. The molecule has 5 heteroatoms. The zero-order valence-corrected chi connectivity index (χ0v) is 7.14. The Morgan fingerprint density at radius 1 is 1.00 bits per heavy atom. The summed E-state index contributed by atoms with van der Waals surface area (Å²) in [6.45, 7) is 0. The van der Waals surface area contributed by atoms with Crippen molar-refractivity contribution < 1.29 is 0 Å². The van der Waals surface area contributed by atoms with Gasteiger partial charge in [0.05, 0.1) is 0 Å². The lowest BCUT2D eigenvalue weighted by Gasteiger charge is -2.17. The van der Waals surface area contributed by atoms with E-state index >= 15 is 0 Å². The van der Waals surface area contributed by atoms with E-state index in [-0.39, 0.29) is 0 Å². The van der Waals surface area contributed by atoms with Crippen molar-refractivity contribution in [1.82, 2.24) is 4.90 Å². The molecule has 0 amide bonds. The quantitative estimate of drug-likeness (QED) is 0.485. The van der Waals surface area contributed by atoms with Gasteiger partial charge in [0.25, 0.3) is 0 Å². The summed E-state index contributed by atoms with van der Waals surface area (Å²) in [4.78, 5) is 0.108. The van der Waals surface area contributed by atoms with Crippen LogP contribution in [0.2, 0.25) is 0 Å². The van der Waals surface area contributed by atoms with Crippen LogP contribution in [0, 0.1) is 0 Å². The van der Waals surface area contributed by atoms with Gasteiger partial charge in [-0.1, -0.05) is 46.4 Å². The second-order valence-corrected chi connectivity index (χ2v) is 3.32. The number of halogens is 4. The van der Waals surface area contributed by atoms with Gasteiger partial charge < -0.3 is 0 Å². The van der Waals surface area contributed by atoms with Crippen molar-refractivity contribution >= 4 is 46.4 Å². The molecule has 0 N–H and O–H groups in total. The Bertz CT molecular complexity index is 56.3. The van der Waals surface area contributed by atoms with E-state index in [9.17, 15) is 0 Å². The van der Waals surface area contributed by atoms with Crippen LogP contribution in [0.4, 0.5) is 0 Å². The third kappa shape index (κ3) is 3.21. The van der Waals surface area contributed by atoms with Crippen LogP contribution >= 0.6 is 46.4 Å². The van der Waals surface area contributed by atoms with Gasteiger partial charge in [0.15, 0.2) is 9.92 Å². The second kappa shape index (κ2) is 4.02. The molecule has 0 heterocycles. The fraction of sp³-hybridized carbons (Fsp3) is 1.00. The largest absolute Gasteiger partial charge is 0.249 e. The van der Waals surface area contributed by atoms with Crippen LogP contribution in [0.25, 0.3) is 0 Å². The average Bonchev–Trinajstić information content (AvgIpc) is 1.64. The van der Waals surface area contributed by atoms with Crippen LogP contribution in [-0.2, 0) is 0 Å². The summed E-state index contributed by atoms with van der Waals surface area (Å²) in [7, 11) is 1.62. The van der Waals surface area contributed by atoms with Crippen LogP contribution < -0.4 is 0 Å². The second-order valence-electron chi connectivity index (χ2n) is 1.22. The molecule has 0 aliphatic heterocycles. The summed E-state index contributed by atoms with van der Waals surface area (Å²) < 4.78 is 0. The van der Waals surface area contributed by atoms with Crippen LogP contribution in [0.15, 0.2) is 0 Å². The Hall–Kier alpha value is 1.12. The minimum absolute atomic E-state index is 0.644. The molecule has 0 unspecified atom stereocenters. The molecule has 0 rings (SSSR count). The molecule has 0 aromatic rings. The molecule has 0 fully saturated rings. The standard InChI is InChI=1S/C3H5Cl4N/c1-8(2(4)5)3(6)7/h2-3H,1H3. The SMILES string of the molecule is CN(C(Cl)Cl)C(Cl)Cl. The van der Waals surface area contributed by atoms with Crippen LogP contribution in [0.1, 0.15) is 0 Å². The molecule has 0 bridgehead atoms. The van der Waals surface area contributed by atoms with Gasteiger partial charge in [-0.05, 0) is 7.05 Å². The predicted molar refractivity (Wildman–Crippen MR) is 38.8 cm³/mol. The van der Waals surface area contributed by atoms with E-state index in [1.165, 1.54) is 4.90 Å². The first-order valence-electron chi connectivity index (χ1n) is 1.84. The maximum absolute atomic E-state index is 5.35. The van der Waals surface area contributed by atoms with Gasteiger partial charge in [0, 0.05) is 0 Å². The highest BCUT2D eigenvalue weighted by molar-refractivity contribution is 6.47. The van der Waals surface area contributed by atoms with Gasteiger partial charge in [-0.25, -0.2) is 4.90 Å². The van der Waals surface area contributed by atoms with E-state index in [1.54, 1.807) is 7.05 Å². The molecule has 0 atom stereocenters. The lowest BCUT2D eigenvalue weighted by molar-refractivity contribution is 0.398. The maximum Gasteiger partial charge on any atom is 0.162 e. The Morgan fingerprint density at radius 2 is 1.25 bits per heavy atom. The number of nitrogens with zero attached hydrogens (tertiary/aromatic N) is 1. The first-order valence-corrected chi connectivity index (χ1v) is 3.58. The minimum atomic E-state index is -0.644. The van der Waals surface area contributed by atoms with Crippen LogP contribution in [0.3, 0.4) is 0 Å². The zero-order chi connectivity index (χ0) is 6.73. The average molecular weight is 197 g/mol. The van der Waals surface area contributed by atoms with E-state index in [0.29, 0.717) is 0 Å². The van der Waals surface area contributed by atoms with Gasteiger partial charge in [0.1, 0.15) is 0 Å². The molecule has 0 spiro atoms. The molecule has 0 radical (unpaired) electrons. The molecule has 0 aliphatic carbocycles. The number of hydrogen-bond acceptors (Lipinski definition) is 1. The highest BCUT2D eigenvalue weighted by Gasteiger charge is 2.12. The predicted octanol–water partition coefficient (Wildman–Crippen LogP) is 2.44. The van der Waals surface area contributed by atoms with E-state index in [2.05, 4.69) is 0 Å². The van der Waals surface area contributed by atoms with Gasteiger partial charge >= 0.3 is 0 Å². The monoisotopic (exact) mass is 195 g/mol. The highest BCUT2D eigenvalue weighted by Crippen LogP contribution is 2.15. The summed E-state index contributed by atoms with van der Waals surface area (Å²) in [6.07, 6.45) is 0. The first-order chi connectivity index (χ1) is 3.55.